The molecule has 7 heteroatoms. The van der Waals surface area contributed by atoms with E-state index in [0.717, 1.165) is 5.56 Å². The zero-order chi connectivity index (χ0) is 18.5. The molecule has 2 aromatic carbocycles. The van der Waals surface area contributed by atoms with Crippen molar-refractivity contribution < 1.29 is 4.74 Å². The minimum Gasteiger partial charge on any atom is -0.497 e. The number of nitrogen functional groups attached to an aromatic ring is 1. The number of nitrogens with one attached hydrogen (secondary N) is 1. The van der Waals surface area contributed by atoms with E-state index in [2.05, 4.69) is 14.8 Å². The van der Waals surface area contributed by atoms with E-state index in [1.807, 2.05) is 24.3 Å². The van der Waals surface area contributed by atoms with Crippen molar-refractivity contribution in [2.24, 2.45) is 0 Å². The van der Waals surface area contributed by atoms with E-state index in [1.54, 1.807) is 31.4 Å². The van der Waals surface area contributed by atoms with Gasteiger partial charge in [0.15, 0.2) is 5.16 Å². The Hall–Kier alpha value is -3.24. The summed E-state index contributed by atoms with van der Waals surface area (Å²) < 4.78 is 5.22. The SMILES string of the molecule is [C-]#[N+]c1c(-c2cccc(OC)c2)nc(SCc2cccc(N)c2)[nH]c1=O. The van der Waals surface area contributed by atoms with E-state index >= 15 is 0 Å². The first-order valence-electron chi connectivity index (χ1n) is 7.74. The molecule has 0 aliphatic carbocycles. The number of rotatable bonds is 5. The Labute approximate surface area is 154 Å². The minimum absolute atomic E-state index is 0.0356. The molecular weight excluding hydrogens is 348 g/mol. The van der Waals surface area contributed by atoms with Gasteiger partial charge in [0.1, 0.15) is 5.75 Å². The average Bonchev–Trinajstić information content (AvgIpc) is 2.66. The summed E-state index contributed by atoms with van der Waals surface area (Å²) in [4.78, 5) is 22.8. The number of ether oxygens (including phenoxy) is 1. The summed E-state index contributed by atoms with van der Waals surface area (Å²) >= 11 is 1.38. The summed E-state index contributed by atoms with van der Waals surface area (Å²) in [6.45, 7) is 7.32. The van der Waals surface area contributed by atoms with Crippen LogP contribution in [0.1, 0.15) is 5.56 Å². The summed E-state index contributed by atoms with van der Waals surface area (Å²) in [5.74, 6) is 1.23. The molecule has 130 valence electrons. The van der Waals surface area contributed by atoms with E-state index in [1.165, 1.54) is 11.8 Å². The molecule has 0 saturated heterocycles. The van der Waals surface area contributed by atoms with E-state index in [9.17, 15) is 4.79 Å². The normalized spacial score (nSPS) is 10.3. The van der Waals surface area contributed by atoms with Crippen molar-refractivity contribution in [1.82, 2.24) is 9.97 Å². The zero-order valence-electron chi connectivity index (χ0n) is 14.0. The Kier molecular flexibility index (Phi) is 5.25. The second kappa shape index (κ2) is 7.76. The van der Waals surface area contributed by atoms with Crippen molar-refractivity contribution >= 4 is 23.1 Å². The molecule has 0 aliphatic heterocycles. The predicted molar refractivity (Wildman–Crippen MR) is 104 cm³/mol. The van der Waals surface area contributed by atoms with Crippen molar-refractivity contribution in [3.05, 3.63) is 75.9 Å². The van der Waals surface area contributed by atoms with Crippen LogP contribution in [0.25, 0.3) is 16.1 Å². The van der Waals surface area contributed by atoms with Crippen LogP contribution >= 0.6 is 11.8 Å². The minimum atomic E-state index is -0.456. The quantitative estimate of drug-likeness (QED) is 0.311. The smallest absolute Gasteiger partial charge is 0.276 e. The lowest BCUT2D eigenvalue weighted by Gasteiger charge is -2.08. The summed E-state index contributed by atoms with van der Waals surface area (Å²) in [6, 6.07) is 14.7. The molecule has 0 atom stereocenters. The fourth-order valence-corrected chi connectivity index (χ4v) is 3.23. The highest BCUT2D eigenvalue weighted by atomic mass is 32.2. The molecule has 1 aromatic heterocycles. The van der Waals surface area contributed by atoms with E-state index < -0.39 is 5.56 Å². The Bertz CT molecular complexity index is 1040. The molecule has 0 amide bonds. The number of hydrogen-bond acceptors (Lipinski definition) is 5. The Morgan fingerprint density at radius 3 is 2.81 bits per heavy atom. The van der Waals surface area contributed by atoms with Crippen LogP contribution in [0.3, 0.4) is 0 Å². The van der Waals surface area contributed by atoms with E-state index in [4.69, 9.17) is 17.0 Å². The molecule has 0 saturated carbocycles. The van der Waals surface area contributed by atoms with Crippen molar-refractivity contribution in [3.8, 4) is 17.0 Å². The van der Waals surface area contributed by atoms with Crippen molar-refractivity contribution in [1.29, 1.82) is 0 Å². The third-order valence-corrected chi connectivity index (χ3v) is 4.60. The monoisotopic (exact) mass is 364 g/mol. The van der Waals surface area contributed by atoms with Gasteiger partial charge in [0, 0.05) is 11.4 Å². The molecule has 3 rings (SSSR count). The highest BCUT2D eigenvalue weighted by Gasteiger charge is 2.14. The number of benzene rings is 2. The van der Waals surface area contributed by atoms with Crippen LogP contribution in [0.4, 0.5) is 11.4 Å². The van der Waals surface area contributed by atoms with Crippen LogP contribution in [0.15, 0.2) is 58.5 Å². The van der Waals surface area contributed by atoms with Gasteiger partial charge in [0.2, 0.25) is 0 Å². The molecule has 0 aliphatic rings. The maximum Gasteiger partial charge on any atom is 0.276 e. The summed E-state index contributed by atoms with van der Waals surface area (Å²) in [5, 5.41) is 0.447. The van der Waals surface area contributed by atoms with Gasteiger partial charge in [-0.2, -0.15) is 0 Å². The first-order chi connectivity index (χ1) is 12.6. The molecule has 26 heavy (non-hydrogen) atoms. The second-order valence-electron chi connectivity index (χ2n) is 5.45. The molecule has 0 fully saturated rings. The highest BCUT2D eigenvalue weighted by Crippen LogP contribution is 2.30. The molecule has 6 nitrogen and oxygen atoms in total. The average molecular weight is 364 g/mol. The van der Waals surface area contributed by atoms with Crippen LogP contribution in [0, 0.1) is 6.57 Å². The van der Waals surface area contributed by atoms with Gasteiger partial charge in [-0.15, -0.1) is 0 Å². The lowest BCUT2D eigenvalue weighted by Crippen LogP contribution is -2.09. The fraction of sp³-hybridized carbons (Fsp3) is 0.105. The van der Waals surface area contributed by atoms with E-state index in [-0.39, 0.29) is 5.69 Å². The Morgan fingerprint density at radius 2 is 2.08 bits per heavy atom. The number of methoxy groups -OCH3 is 1. The maximum atomic E-state index is 12.3. The second-order valence-corrected chi connectivity index (χ2v) is 6.41. The van der Waals surface area contributed by atoms with Gasteiger partial charge in [0.25, 0.3) is 11.2 Å². The fourth-order valence-electron chi connectivity index (χ4n) is 2.42. The van der Waals surface area contributed by atoms with Gasteiger partial charge in [-0.3, -0.25) is 4.79 Å². The highest BCUT2D eigenvalue weighted by molar-refractivity contribution is 7.98. The van der Waals surface area contributed by atoms with E-state index in [0.29, 0.717) is 33.6 Å². The summed E-state index contributed by atoms with van der Waals surface area (Å²) in [5.41, 5.74) is 8.01. The van der Waals surface area contributed by atoms with Crippen molar-refractivity contribution in [2.45, 2.75) is 10.9 Å². The summed E-state index contributed by atoms with van der Waals surface area (Å²) in [7, 11) is 1.56. The summed E-state index contributed by atoms with van der Waals surface area (Å²) in [6.07, 6.45) is 0. The van der Waals surface area contributed by atoms with Gasteiger partial charge in [-0.05, 0) is 35.4 Å². The molecule has 0 radical (unpaired) electrons. The molecule has 0 spiro atoms. The van der Waals surface area contributed by atoms with Crippen LogP contribution in [-0.2, 0) is 5.75 Å². The number of anilines is 1. The number of hydrogen-bond donors (Lipinski definition) is 2. The largest absolute Gasteiger partial charge is 0.497 e. The van der Waals surface area contributed by atoms with Gasteiger partial charge in [0.05, 0.1) is 19.4 Å². The topological polar surface area (TPSA) is 85.4 Å². The molecule has 0 bridgehead atoms. The third-order valence-electron chi connectivity index (χ3n) is 3.65. The van der Waals surface area contributed by atoms with Crippen molar-refractivity contribution in [2.75, 3.05) is 12.8 Å². The molecule has 3 aromatic rings. The predicted octanol–water partition coefficient (Wildman–Crippen LogP) is 3.87. The zero-order valence-corrected chi connectivity index (χ0v) is 14.8. The van der Waals surface area contributed by atoms with Gasteiger partial charge < -0.3 is 15.5 Å². The van der Waals surface area contributed by atoms with Gasteiger partial charge in [-0.25, -0.2) is 9.83 Å². The number of thioether (sulfide) groups is 1. The van der Waals surface area contributed by atoms with Crippen LogP contribution in [0.2, 0.25) is 0 Å². The van der Waals surface area contributed by atoms with Crippen molar-refractivity contribution in [3.63, 3.8) is 0 Å². The number of nitrogens with zero attached hydrogens (tertiary/aromatic N) is 2. The molecular formula is C19H16N4O2S. The number of aromatic amines is 1. The molecule has 3 N–H and O–H groups in total. The van der Waals surface area contributed by atoms with Crippen LogP contribution < -0.4 is 16.0 Å². The first-order valence-corrected chi connectivity index (χ1v) is 8.72. The number of nitrogens with two attached hydrogens (primary N) is 1. The number of H-pyrrole nitrogens is 1. The first kappa shape index (κ1) is 17.6. The Morgan fingerprint density at radius 1 is 1.27 bits per heavy atom. The molecule has 0 unspecified atom stereocenters. The lowest BCUT2D eigenvalue weighted by atomic mass is 10.1. The van der Waals surface area contributed by atoms with Crippen LogP contribution in [-0.4, -0.2) is 17.1 Å². The lowest BCUT2D eigenvalue weighted by molar-refractivity contribution is 0.415. The third kappa shape index (κ3) is 3.87. The van der Waals surface area contributed by atoms with Crippen LogP contribution in [0.5, 0.6) is 5.75 Å². The Balaban J connectivity index is 1.96. The van der Waals surface area contributed by atoms with Gasteiger partial charge >= 0.3 is 0 Å². The molecule has 1 heterocycles. The van der Waals surface area contributed by atoms with Gasteiger partial charge in [-0.1, -0.05) is 36.0 Å². The maximum absolute atomic E-state index is 12.3. The number of aromatic nitrogens is 2. The standard InChI is InChI=1S/C19H16N4O2S/c1-21-17-16(13-6-4-8-15(10-13)25-2)22-19(23-18(17)24)26-11-12-5-3-7-14(20)9-12/h3-10H,11,20H2,2H3,(H,22,23,24).